The molecule has 0 bridgehead atoms. The second kappa shape index (κ2) is 7.04. The molecule has 0 radical (unpaired) electrons. The van der Waals surface area contributed by atoms with Gasteiger partial charge in [-0.15, -0.1) is 0 Å². The average Bonchev–Trinajstić information content (AvgIpc) is 3.07. The van der Waals surface area contributed by atoms with E-state index in [1.165, 1.54) is 31.9 Å². The summed E-state index contributed by atoms with van der Waals surface area (Å²) < 4.78 is 22.4. The number of nitrogens with zero attached hydrogens (tertiary/aromatic N) is 1. The van der Waals surface area contributed by atoms with E-state index in [2.05, 4.69) is 24.1 Å². The highest BCUT2D eigenvalue weighted by atomic mass is 32.2. The normalized spacial score (nSPS) is 19.6. The Morgan fingerprint density at radius 1 is 1.37 bits per heavy atom. The van der Waals surface area contributed by atoms with Gasteiger partial charge in [0.25, 0.3) is 0 Å². The van der Waals surface area contributed by atoms with Crippen molar-refractivity contribution in [2.45, 2.75) is 45.6 Å². The molecule has 1 fully saturated rings. The van der Waals surface area contributed by atoms with Crippen molar-refractivity contribution in [3.8, 4) is 0 Å². The molecule has 0 heterocycles. The lowest BCUT2D eigenvalue weighted by Crippen LogP contribution is -2.42. The van der Waals surface area contributed by atoms with Gasteiger partial charge in [0.05, 0.1) is 5.75 Å². The molecule has 1 aliphatic carbocycles. The van der Waals surface area contributed by atoms with Gasteiger partial charge in [-0.3, -0.25) is 0 Å². The summed E-state index contributed by atoms with van der Waals surface area (Å²) in [6.45, 7) is 7.14. The molecule has 0 aromatic heterocycles. The molecule has 19 heavy (non-hydrogen) atoms. The topological polar surface area (TPSA) is 49.4 Å². The summed E-state index contributed by atoms with van der Waals surface area (Å²) in [5.41, 5.74) is 0.240. The Bertz CT molecular complexity index is 366. The molecule has 114 valence electrons. The zero-order chi connectivity index (χ0) is 14.5. The van der Waals surface area contributed by atoms with Crippen LogP contribution in [0.3, 0.4) is 0 Å². The Morgan fingerprint density at radius 2 is 2.00 bits per heavy atom. The molecule has 0 aromatic carbocycles. The number of rotatable bonds is 10. The van der Waals surface area contributed by atoms with Gasteiger partial charge in [-0.2, -0.15) is 0 Å². The van der Waals surface area contributed by atoms with Crippen molar-refractivity contribution >= 4 is 9.84 Å². The monoisotopic (exact) mass is 290 g/mol. The highest BCUT2D eigenvalue weighted by Crippen LogP contribution is 2.26. The van der Waals surface area contributed by atoms with Gasteiger partial charge in [0.1, 0.15) is 9.84 Å². The van der Waals surface area contributed by atoms with Crippen LogP contribution in [0.5, 0.6) is 0 Å². The highest BCUT2D eigenvalue weighted by molar-refractivity contribution is 7.90. The van der Waals surface area contributed by atoms with Gasteiger partial charge in [-0.25, -0.2) is 8.42 Å². The van der Waals surface area contributed by atoms with E-state index in [0.29, 0.717) is 6.54 Å². The predicted octanol–water partition coefficient (Wildman–Crippen LogP) is 1.52. The van der Waals surface area contributed by atoms with Crippen molar-refractivity contribution in [3.05, 3.63) is 0 Å². The van der Waals surface area contributed by atoms with Gasteiger partial charge >= 0.3 is 0 Å². The maximum atomic E-state index is 11.2. The van der Waals surface area contributed by atoms with Crippen molar-refractivity contribution < 1.29 is 8.42 Å². The third-order valence-corrected chi connectivity index (χ3v) is 4.67. The highest BCUT2D eigenvalue weighted by Gasteiger charge is 2.29. The van der Waals surface area contributed by atoms with Crippen LogP contribution >= 0.6 is 0 Å². The SMILES string of the molecule is CCCC(C)(CNC1CC1)CN(C)CCS(C)(=O)=O. The summed E-state index contributed by atoms with van der Waals surface area (Å²) in [5.74, 6) is 0.252. The first kappa shape index (κ1) is 16.9. The molecular weight excluding hydrogens is 260 g/mol. The summed E-state index contributed by atoms with van der Waals surface area (Å²) in [4.78, 5) is 2.16. The number of hydrogen-bond acceptors (Lipinski definition) is 4. The Balaban J connectivity index is 2.40. The number of nitrogens with one attached hydrogen (secondary N) is 1. The maximum absolute atomic E-state index is 11.2. The lowest BCUT2D eigenvalue weighted by atomic mass is 9.85. The summed E-state index contributed by atoms with van der Waals surface area (Å²) >= 11 is 0. The van der Waals surface area contributed by atoms with Gasteiger partial charge in [-0.1, -0.05) is 20.3 Å². The van der Waals surface area contributed by atoms with E-state index < -0.39 is 9.84 Å². The zero-order valence-corrected chi connectivity index (χ0v) is 13.7. The lowest BCUT2D eigenvalue weighted by Gasteiger charge is -2.34. The first-order valence-corrected chi connectivity index (χ1v) is 9.40. The van der Waals surface area contributed by atoms with Gasteiger partial charge in [0, 0.05) is 31.9 Å². The summed E-state index contributed by atoms with van der Waals surface area (Å²) in [6, 6.07) is 0.734. The zero-order valence-electron chi connectivity index (χ0n) is 12.9. The summed E-state index contributed by atoms with van der Waals surface area (Å²) in [7, 11) is -0.836. The van der Waals surface area contributed by atoms with Crippen LogP contribution in [-0.2, 0) is 9.84 Å². The molecule has 4 nitrogen and oxygen atoms in total. The molecule has 0 aliphatic heterocycles. The fourth-order valence-corrected chi connectivity index (χ4v) is 3.20. The first-order valence-electron chi connectivity index (χ1n) is 7.34. The van der Waals surface area contributed by atoms with E-state index in [0.717, 1.165) is 19.1 Å². The second-order valence-corrected chi connectivity index (χ2v) is 8.84. The Hall–Kier alpha value is -0.130. The van der Waals surface area contributed by atoms with Crippen molar-refractivity contribution in [2.75, 3.05) is 38.7 Å². The Labute approximate surface area is 118 Å². The van der Waals surface area contributed by atoms with E-state index in [9.17, 15) is 8.42 Å². The van der Waals surface area contributed by atoms with Crippen LogP contribution < -0.4 is 5.32 Å². The van der Waals surface area contributed by atoms with E-state index in [1.807, 2.05) is 7.05 Å². The molecule has 1 aliphatic rings. The van der Waals surface area contributed by atoms with Crippen LogP contribution in [0.25, 0.3) is 0 Å². The molecule has 1 saturated carbocycles. The largest absolute Gasteiger partial charge is 0.313 e. The standard InChI is InChI=1S/C14H30N2O2S/c1-5-8-14(2,11-15-13-6-7-13)12-16(3)9-10-19(4,17)18/h13,15H,5-12H2,1-4H3. The molecule has 1 rings (SSSR count). The third-order valence-electron chi connectivity index (χ3n) is 3.74. The summed E-state index contributed by atoms with van der Waals surface area (Å²) in [5, 5.41) is 3.61. The van der Waals surface area contributed by atoms with Crippen molar-refractivity contribution in [2.24, 2.45) is 5.41 Å². The fraction of sp³-hybridized carbons (Fsp3) is 1.00. The van der Waals surface area contributed by atoms with Crippen LogP contribution in [-0.4, -0.2) is 58.1 Å². The molecule has 5 heteroatoms. The third kappa shape index (κ3) is 7.90. The molecule has 1 unspecified atom stereocenters. The minimum absolute atomic E-state index is 0.240. The average molecular weight is 290 g/mol. The van der Waals surface area contributed by atoms with E-state index in [1.54, 1.807) is 0 Å². The van der Waals surface area contributed by atoms with Crippen molar-refractivity contribution in [1.82, 2.24) is 10.2 Å². The molecular formula is C14H30N2O2S. The molecule has 0 spiro atoms. The number of hydrogen-bond donors (Lipinski definition) is 1. The first-order chi connectivity index (χ1) is 8.74. The van der Waals surface area contributed by atoms with Gasteiger partial charge in [0.15, 0.2) is 0 Å². The lowest BCUT2D eigenvalue weighted by molar-refractivity contribution is 0.178. The Morgan fingerprint density at radius 3 is 2.47 bits per heavy atom. The van der Waals surface area contributed by atoms with Crippen LogP contribution in [0.15, 0.2) is 0 Å². The number of sulfone groups is 1. The van der Waals surface area contributed by atoms with Crippen LogP contribution in [0.4, 0.5) is 0 Å². The van der Waals surface area contributed by atoms with E-state index in [4.69, 9.17) is 0 Å². The molecule has 1 atom stereocenters. The fourth-order valence-electron chi connectivity index (χ4n) is 2.56. The maximum Gasteiger partial charge on any atom is 0.148 e. The Kier molecular flexibility index (Phi) is 6.27. The van der Waals surface area contributed by atoms with Crippen molar-refractivity contribution in [1.29, 1.82) is 0 Å². The molecule has 1 N–H and O–H groups in total. The minimum atomic E-state index is -2.86. The molecule has 0 amide bonds. The van der Waals surface area contributed by atoms with Gasteiger partial charge in [-0.05, 0) is 31.7 Å². The van der Waals surface area contributed by atoms with E-state index >= 15 is 0 Å². The van der Waals surface area contributed by atoms with Crippen LogP contribution in [0.1, 0.15) is 39.5 Å². The van der Waals surface area contributed by atoms with Crippen LogP contribution in [0.2, 0.25) is 0 Å². The van der Waals surface area contributed by atoms with E-state index in [-0.39, 0.29) is 11.2 Å². The smallest absolute Gasteiger partial charge is 0.148 e. The van der Waals surface area contributed by atoms with Crippen molar-refractivity contribution in [3.63, 3.8) is 0 Å². The minimum Gasteiger partial charge on any atom is -0.313 e. The summed E-state index contributed by atoms with van der Waals surface area (Å²) in [6.07, 6.45) is 6.28. The van der Waals surface area contributed by atoms with Gasteiger partial charge in [0.2, 0.25) is 0 Å². The quantitative estimate of drug-likeness (QED) is 0.663. The predicted molar refractivity (Wildman–Crippen MR) is 81.2 cm³/mol. The second-order valence-electron chi connectivity index (χ2n) is 6.58. The van der Waals surface area contributed by atoms with Gasteiger partial charge < -0.3 is 10.2 Å². The van der Waals surface area contributed by atoms with Crippen LogP contribution in [0, 0.1) is 5.41 Å². The molecule has 0 aromatic rings. The molecule has 0 saturated heterocycles.